The molecule has 0 saturated heterocycles. The van der Waals surface area contributed by atoms with Gasteiger partial charge in [0.1, 0.15) is 11.5 Å². The molecule has 1 unspecified atom stereocenters. The van der Waals surface area contributed by atoms with Crippen molar-refractivity contribution in [1.82, 2.24) is 0 Å². The zero-order chi connectivity index (χ0) is 8.43. The summed E-state index contributed by atoms with van der Waals surface area (Å²) in [6.07, 6.45) is 0.958. The summed E-state index contributed by atoms with van der Waals surface area (Å²) in [4.78, 5) is 0. The smallest absolute Gasteiger partial charge is 0.105 e. The first-order chi connectivity index (χ1) is 5.15. The average Bonchev–Trinajstić information content (AvgIpc) is 2.28. The Labute approximate surface area is 67.4 Å². The molecule has 0 bridgehead atoms. The predicted octanol–water partition coefficient (Wildman–Crippen LogP) is 2.31. The van der Waals surface area contributed by atoms with E-state index in [1.165, 1.54) is 0 Å². The fourth-order valence-corrected chi connectivity index (χ4v) is 1.24. The molecule has 62 valence electrons. The van der Waals surface area contributed by atoms with Crippen molar-refractivity contribution in [3.63, 3.8) is 0 Å². The molecule has 1 aromatic heterocycles. The molecule has 2 heteroatoms. The molecule has 0 fully saturated rings. The summed E-state index contributed by atoms with van der Waals surface area (Å²) < 4.78 is 5.36. The molecule has 0 saturated carbocycles. The molecule has 0 aliphatic heterocycles. The molecule has 0 aromatic carbocycles. The SMILES string of the molecule is CCC(N)c1cc(C)oc1C. The number of rotatable bonds is 2. The van der Waals surface area contributed by atoms with Gasteiger partial charge in [0, 0.05) is 11.6 Å². The van der Waals surface area contributed by atoms with Gasteiger partial charge in [-0.1, -0.05) is 6.92 Å². The molecule has 0 spiro atoms. The van der Waals surface area contributed by atoms with E-state index in [0.29, 0.717) is 0 Å². The van der Waals surface area contributed by atoms with Crippen LogP contribution in [0.2, 0.25) is 0 Å². The van der Waals surface area contributed by atoms with E-state index in [9.17, 15) is 0 Å². The summed E-state index contributed by atoms with van der Waals surface area (Å²) in [6, 6.07) is 2.15. The molecular formula is C9H15NO. The zero-order valence-corrected chi connectivity index (χ0v) is 7.35. The van der Waals surface area contributed by atoms with Crippen LogP contribution in [0.15, 0.2) is 10.5 Å². The Morgan fingerprint density at radius 3 is 2.55 bits per heavy atom. The van der Waals surface area contributed by atoms with Gasteiger partial charge in [0.25, 0.3) is 0 Å². The molecule has 1 atom stereocenters. The number of furan rings is 1. The molecule has 2 N–H and O–H groups in total. The summed E-state index contributed by atoms with van der Waals surface area (Å²) >= 11 is 0. The average molecular weight is 153 g/mol. The summed E-state index contributed by atoms with van der Waals surface area (Å²) in [5.41, 5.74) is 6.99. The van der Waals surface area contributed by atoms with E-state index in [0.717, 1.165) is 23.5 Å². The lowest BCUT2D eigenvalue weighted by Gasteiger charge is -2.05. The maximum absolute atomic E-state index is 5.85. The van der Waals surface area contributed by atoms with Gasteiger partial charge in [0.2, 0.25) is 0 Å². The first kappa shape index (κ1) is 8.34. The molecule has 2 nitrogen and oxygen atoms in total. The molecule has 0 amide bonds. The van der Waals surface area contributed by atoms with Gasteiger partial charge in [-0.3, -0.25) is 0 Å². The summed E-state index contributed by atoms with van der Waals surface area (Å²) in [7, 11) is 0. The third-order valence-electron chi connectivity index (χ3n) is 1.92. The quantitative estimate of drug-likeness (QED) is 0.708. The predicted molar refractivity (Wildman–Crippen MR) is 45.4 cm³/mol. The lowest BCUT2D eigenvalue weighted by molar-refractivity contribution is 0.496. The Morgan fingerprint density at radius 1 is 1.55 bits per heavy atom. The highest BCUT2D eigenvalue weighted by Gasteiger charge is 2.10. The van der Waals surface area contributed by atoms with Crippen LogP contribution in [0.25, 0.3) is 0 Å². The van der Waals surface area contributed by atoms with Gasteiger partial charge in [-0.15, -0.1) is 0 Å². The molecule has 1 rings (SSSR count). The lowest BCUT2D eigenvalue weighted by Crippen LogP contribution is -2.08. The van der Waals surface area contributed by atoms with E-state index in [1.54, 1.807) is 0 Å². The highest BCUT2D eigenvalue weighted by atomic mass is 16.3. The van der Waals surface area contributed by atoms with Gasteiger partial charge < -0.3 is 10.2 Å². The second-order valence-corrected chi connectivity index (χ2v) is 2.88. The summed E-state index contributed by atoms with van der Waals surface area (Å²) in [5.74, 6) is 1.90. The maximum Gasteiger partial charge on any atom is 0.105 e. The molecule has 0 aliphatic rings. The first-order valence-electron chi connectivity index (χ1n) is 3.97. The van der Waals surface area contributed by atoms with Crippen molar-refractivity contribution in [2.24, 2.45) is 5.73 Å². The number of hydrogen-bond acceptors (Lipinski definition) is 2. The van der Waals surface area contributed by atoms with Crippen molar-refractivity contribution in [3.05, 3.63) is 23.2 Å². The minimum atomic E-state index is 0.132. The Balaban J connectivity index is 2.93. The normalized spacial score (nSPS) is 13.5. The van der Waals surface area contributed by atoms with Crippen LogP contribution in [-0.2, 0) is 0 Å². The lowest BCUT2D eigenvalue weighted by atomic mass is 10.1. The Bertz CT molecular complexity index is 240. The van der Waals surface area contributed by atoms with Gasteiger partial charge >= 0.3 is 0 Å². The van der Waals surface area contributed by atoms with Crippen LogP contribution in [0.5, 0.6) is 0 Å². The Morgan fingerprint density at radius 2 is 2.18 bits per heavy atom. The molecule has 1 heterocycles. The molecule has 11 heavy (non-hydrogen) atoms. The number of nitrogens with two attached hydrogens (primary N) is 1. The van der Waals surface area contributed by atoms with Crippen molar-refractivity contribution >= 4 is 0 Å². The van der Waals surface area contributed by atoms with E-state index < -0.39 is 0 Å². The Kier molecular flexibility index (Phi) is 2.35. The number of aryl methyl sites for hydroxylation is 2. The van der Waals surface area contributed by atoms with Gasteiger partial charge in [0.15, 0.2) is 0 Å². The van der Waals surface area contributed by atoms with Crippen molar-refractivity contribution < 1.29 is 4.42 Å². The van der Waals surface area contributed by atoms with Crippen LogP contribution in [0.4, 0.5) is 0 Å². The maximum atomic E-state index is 5.85. The topological polar surface area (TPSA) is 39.2 Å². The molecule has 0 aliphatic carbocycles. The van der Waals surface area contributed by atoms with E-state index >= 15 is 0 Å². The van der Waals surface area contributed by atoms with Crippen LogP contribution >= 0.6 is 0 Å². The first-order valence-corrected chi connectivity index (χ1v) is 3.97. The molecular weight excluding hydrogens is 138 g/mol. The fraction of sp³-hybridized carbons (Fsp3) is 0.556. The second-order valence-electron chi connectivity index (χ2n) is 2.88. The van der Waals surface area contributed by atoms with E-state index in [2.05, 4.69) is 6.92 Å². The number of hydrogen-bond donors (Lipinski definition) is 1. The van der Waals surface area contributed by atoms with Crippen molar-refractivity contribution in [2.75, 3.05) is 0 Å². The van der Waals surface area contributed by atoms with Crippen LogP contribution in [0, 0.1) is 13.8 Å². The van der Waals surface area contributed by atoms with Crippen molar-refractivity contribution in [1.29, 1.82) is 0 Å². The molecule has 0 radical (unpaired) electrons. The van der Waals surface area contributed by atoms with Crippen LogP contribution < -0.4 is 5.73 Å². The van der Waals surface area contributed by atoms with Crippen LogP contribution in [-0.4, -0.2) is 0 Å². The van der Waals surface area contributed by atoms with Crippen LogP contribution in [0.1, 0.15) is 36.5 Å². The van der Waals surface area contributed by atoms with Crippen molar-refractivity contribution in [3.8, 4) is 0 Å². The highest BCUT2D eigenvalue weighted by Crippen LogP contribution is 2.21. The van der Waals surface area contributed by atoms with E-state index in [1.807, 2.05) is 19.9 Å². The summed E-state index contributed by atoms with van der Waals surface area (Å²) in [5, 5.41) is 0. The minimum Gasteiger partial charge on any atom is -0.466 e. The standard InChI is InChI=1S/C9H15NO/c1-4-9(10)8-5-6(2)11-7(8)3/h5,9H,4,10H2,1-3H3. The third-order valence-corrected chi connectivity index (χ3v) is 1.92. The monoisotopic (exact) mass is 153 g/mol. The van der Waals surface area contributed by atoms with Crippen LogP contribution in [0.3, 0.4) is 0 Å². The second kappa shape index (κ2) is 3.09. The third kappa shape index (κ3) is 1.63. The zero-order valence-electron chi connectivity index (χ0n) is 7.35. The minimum absolute atomic E-state index is 0.132. The Hall–Kier alpha value is -0.760. The largest absolute Gasteiger partial charge is 0.466 e. The highest BCUT2D eigenvalue weighted by molar-refractivity contribution is 5.23. The van der Waals surface area contributed by atoms with E-state index in [4.69, 9.17) is 10.2 Å². The van der Waals surface area contributed by atoms with Gasteiger partial charge in [-0.25, -0.2) is 0 Å². The van der Waals surface area contributed by atoms with Crippen molar-refractivity contribution in [2.45, 2.75) is 33.2 Å². The summed E-state index contributed by atoms with van der Waals surface area (Å²) in [6.45, 7) is 5.98. The van der Waals surface area contributed by atoms with Gasteiger partial charge in [-0.05, 0) is 26.3 Å². The van der Waals surface area contributed by atoms with E-state index in [-0.39, 0.29) is 6.04 Å². The van der Waals surface area contributed by atoms with Gasteiger partial charge in [-0.2, -0.15) is 0 Å². The fourth-order valence-electron chi connectivity index (χ4n) is 1.24. The molecule has 1 aromatic rings. The van der Waals surface area contributed by atoms with Gasteiger partial charge in [0.05, 0.1) is 0 Å².